The van der Waals surface area contributed by atoms with E-state index >= 15 is 0 Å². The Balaban J connectivity index is 2.58. The molecule has 0 unspecified atom stereocenters. The molecule has 0 amide bonds. The lowest BCUT2D eigenvalue weighted by atomic mass is 10.2. The minimum atomic E-state index is 0.611. The number of nitrogens with one attached hydrogen (secondary N) is 1. The van der Waals surface area contributed by atoms with Gasteiger partial charge in [0.2, 0.25) is 0 Å². The van der Waals surface area contributed by atoms with E-state index in [0.29, 0.717) is 5.82 Å². The first-order valence-corrected chi connectivity index (χ1v) is 8.56. The highest BCUT2D eigenvalue weighted by Gasteiger charge is 2.15. The van der Waals surface area contributed by atoms with Gasteiger partial charge in [-0.3, -0.25) is 4.98 Å². The predicted octanol–water partition coefficient (Wildman–Crippen LogP) is 4.82. The number of pyridine rings is 1. The van der Waals surface area contributed by atoms with Gasteiger partial charge in [-0.2, -0.15) is 0 Å². The summed E-state index contributed by atoms with van der Waals surface area (Å²) in [6.07, 6.45) is 2.56. The van der Waals surface area contributed by atoms with Crippen molar-refractivity contribution in [3.8, 4) is 11.5 Å². The van der Waals surface area contributed by atoms with Gasteiger partial charge < -0.3 is 5.32 Å². The van der Waals surface area contributed by atoms with E-state index in [-0.39, 0.29) is 0 Å². The summed E-state index contributed by atoms with van der Waals surface area (Å²) in [5, 5.41) is 3.24. The molecule has 7 heteroatoms. The number of aryl methyl sites for hydroxylation is 1. The van der Waals surface area contributed by atoms with Crippen molar-refractivity contribution in [2.24, 2.45) is 0 Å². The molecule has 0 aromatic carbocycles. The van der Waals surface area contributed by atoms with Crippen molar-refractivity contribution in [3.63, 3.8) is 0 Å². The van der Waals surface area contributed by atoms with Crippen molar-refractivity contribution in [1.82, 2.24) is 15.0 Å². The monoisotopic (exact) mass is 462 g/mol. The first kappa shape index (κ1) is 15.9. The molecule has 0 saturated carbocycles. The van der Waals surface area contributed by atoms with Crippen LogP contribution in [0.3, 0.4) is 0 Å². The maximum absolute atomic E-state index is 4.59. The summed E-state index contributed by atoms with van der Waals surface area (Å²) in [5.74, 6) is 1.41. The third-order valence-electron chi connectivity index (χ3n) is 2.62. The van der Waals surface area contributed by atoms with Gasteiger partial charge in [-0.15, -0.1) is 0 Å². The van der Waals surface area contributed by atoms with Gasteiger partial charge in [0, 0.05) is 21.7 Å². The lowest BCUT2D eigenvalue weighted by Crippen LogP contribution is -2.06. The molecule has 0 radical (unpaired) electrons. The van der Waals surface area contributed by atoms with Crippen molar-refractivity contribution in [3.05, 3.63) is 31.4 Å². The van der Waals surface area contributed by atoms with Crippen LogP contribution in [0.4, 0.5) is 5.82 Å². The maximum atomic E-state index is 4.59. The Bertz CT molecular complexity index is 631. The molecule has 4 nitrogen and oxygen atoms in total. The molecule has 2 aromatic rings. The second-order valence-corrected chi connectivity index (χ2v) is 6.59. The third kappa shape index (κ3) is 3.38. The van der Waals surface area contributed by atoms with E-state index in [1.165, 1.54) is 0 Å². The molecule has 0 aliphatic rings. The van der Waals surface area contributed by atoms with Crippen LogP contribution in [-0.2, 0) is 6.42 Å². The Labute approximate surface area is 143 Å². The number of nitrogens with zero attached hydrogens (tertiary/aromatic N) is 3. The van der Waals surface area contributed by atoms with Crippen molar-refractivity contribution in [2.75, 3.05) is 11.9 Å². The summed E-state index contributed by atoms with van der Waals surface area (Å²) in [6.45, 7) is 4.90. The standard InChI is InChI=1S/C13H13Br3N4/c1-3-9-10(16)12(17-4-2)20-13(19-9)11-8(15)5-7(14)6-18-11/h5-6H,3-4H2,1-2H3,(H,17,19,20). The molecular formula is C13H13Br3N4. The van der Waals surface area contributed by atoms with Gasteiger partial charge in [-0.1, -0.05) is 6.92 Å². The summed E-state index contributed by atoms with van der Waals surface area (Å²) < 4.78 is 2.69. The average Bonchev–Trinajstić information content (AvgIpc) is 2.41. The smallest absolute Gasteiger partial charge is 0.181 e. The van der Waals surface area contributed by atoms with Crippen LogP contribution < -0.4 is 5.32 Å². The average molecular weight is 465 g/mol. The molecule has 1 N–H and O–H groups in total. The molecule has 2 heterocycles. The topological polar surface area (TPSA) is 50.7 Å². The van der Waals surface area contributed by atoms with E-state index in [2.05, 4.69) is 75.0 Å². The van der Waals surface area contributed by atoms with Gasteiger partial charge in [0.15, 0.2) is 5.82 Å². The number of halogens is 3. The van der Waals surface area contributed by atoms with Gasteiger partial charge in [-0.05, 0) is 67.2 Å². The molecule has 2 aromatic heterocycles. The van der Waals surface area contributed by atoms with Gasteiger partial charge in [0.25, 0.3) is 0 Å². The van der Waals surface area contributed by atoms with Crippen molar-refractivity contribution < 1.29 is 0 Å². The van der Waals surface area contributed by atoms with E-state index in [4.69, 9.17) is 0 Å². The molecule has 0 saturated heterocycles. The van der Waals surface area contributed by atoms with E-state index in [1.54, 1.807) is 6.20 Å². The molecule has 0 fully saturated rings. The summed E-state index contributed by atoms with van der Waals surface area (Å²) >= 11 is 10.5. The zero-order valence-corrected chi connectivity index (χ0v) is 15.8. The van der Waals surface area contributed by atoms with Crippen molar-refractivity contribution in [1.29, 1.82) is 0 Å². The van der Waals surface area contributed by atoms with Crippen LogP contribution in [0, 0.1) is 0 Å². The van der Waals surface area contributed by atoms with Crippen LogP contribution in [0.15, 0.2) is 25.7 Å². The van der Waals surface area contributed by atoms with Crippen LogP contribution in [0.1, 0.15) is 19.5 Å². The molecule has 0 spiro atoms. The molecular weight excluding hydrogens is 452 g/mol. The quantitative estimate of drug-likeness (QED) is 0.704. The number of rotatable bonds is 4. The van der Waals surface area contributed by atoms with Crippen LogP contribution in [0.5, 0.6) is 0 Å². The van der Waals surface area contributed by atoms with E-state index < -0.39 is 0 Å². The SMILES string of the molecule is CCNc1nc(-c2ncc(Br)cc2Br)nc(CC)c1Br. The number of hydrogen-bond donors (Lipinski definition) is 1. The van der Waals surface area contributed by atoms with E-state index in [9.17, 15) is 0 Å². The lowest BCUT2D eigenvalue weighted by Gasteiger charge is -2.11. The fourth-order valence-electron chi connectivity index (χ4n) is 1.70. The second kappa shape index (κ2) is 6.95. The van der Waals surface area contributed by atoms with Crippen molar-refractivity contribution >= 4 is 53.6 Å². The third-order valence-corrected chi connectivity index (χ3v) is 4.49. The Morgan fingerprint density at radius 1 is 1.15 bits per heavy atom. The first-order valence-electron chi connectivity index (χ1n) is 6.18. The zero-order valence-electron chi connectivity index (χ0n) is 11.0. The molecule has 0 atom stereocenters. The molecule has 20 heavy (non-hydrogen) atoms. The number of aromatic nitrogens is 3. The van der Waals surface area contributed by atoms with E-state index in [1.807, 2.05) is 13.0 Å². The zero-order chi connectivity index (χ0) is 14.7. The summed E-state index contributed by atoms with van der Waals surface area (Å²) in [4.78, 5) is 13.5. The largest absolute Gasteiger partial charge is 0.369 e. The Morgan fingerprint density at radius 2 is 1.90 bits per heavy atom. The highest BCUT2D eigenvalue weighted by molar-refractivity contribution is 9.11. The van der Waals surface area contributed by atoms with Crippen LogP contribution in [0.2, 0.25) is 0 Å². The normalized spacial score (nSPS) is 10.7. The van der Waals surface area contributed by atoms with Crippen LogP contribution in [-0.4, -0.2) is 21.5 Å². The second-order valence-electron chi connectivity index (χ2n) is 4.02. The lowest BCUT2D eigenvalue weighted by molar-refractivity contribution is 0.976. The van der Waals surface area contributed by atoms with E-state index in [0.717, 1.165) is 43.6 Å². The van der Waals surface area contributed by atoms with Gasteiger partial charge in [0.1, 0.15) is 11.5 Å². The number of anilines is 1. The Kier molecular flexibility index (Phi) is 5.51. The summed E-state index contributed by atoms with van der Waals surface area (Å²) in [6, 6.07) is 1.94. The first-order chi connectivity index (χ1) is 9.56. The Hall–Kier alpha value is -0.530. The fourth-order valence-corrected chi connectivity index (χ4v) is 3.46. The molecule has 106 valence electrons. The minimum absolute atomic E-state index is 0.611. The minimum Gasteiger partial charge on any atom is -0.369 e. The molecule has 0 aliphatic carbocycles. The number of hydrogen-bond acceptors (Lipinski definition) is 4. The van der Waals surface area contributed by atoms with Crippen molar-refractivity contribution in [2.45, 2.75) is 20.3 Å². The van der Waals surface area contributed by atoms with Gasteiger partial charge in [-0.25, -0.2) is 9.97 Å². The molecule has 2 rings (SSSR count). The van der Waals surface area contributed by atoms with Gasteiger partial charge >= 0.3 is 0 Å². The van der Waals surface area contributed by atoms with Crippen LogP contribution >= 0.6 is 47.8 Å². The highest BCUT2D eigenvalue weighted by atomic mass is 79.9. The highest BCUT2D eigenvalue weighted by Crippen LogP contribution is 2.30. The Morgan fingerprint density at radius 3 is 2.50 bits per heavy atom. The fraction of sp³-hybridized carbons (Fsp3) is 0.308. The van der Waals surface area contributed by atoms with Crippen LogP contribution in [0.25, 0.3) is 11.5 Å². The van der Waals surface area contributed by atoms with Gasteiger partial charge in [0.05, 0.1) is 10.2 Å². The maximum Gasteiger partial charge on any atom is 0.181 e. The summed E-state index contributed by atoms with van der Waals surface area (Å²) in [7, 11) is 0. The molecule has 0 bridgehead atoms. The summed E-state index contributed by atoms with van der Waals surface area (Å²) in [5.41, 5.74) is 1.69. The predicted molar refractivity (Wildman–Crippen MR) is 91.9 cm³/mol. The molecule has 0 aliphatic heterocycles.